The van der Waals surface area contributed by atoms with Crippen LogP contribution in [0.15, 0.2) is 36.4 Å². The molecule has 0 saturated heterocycles. The Balaban J connectivity index is 2.34. The summed E-state index contributed by atoms with van der Waals surface area (Å²) in [7, 11) is 4.24. The molecule has 0 unspecified atom stereocenters. The van der Waals surface area contributed by atoms with Crippen molar-refractivity contribution in [1.82, 2.24) is 9.80 Å². The van der Waals surface area contributed by atoms with Gasteiger partial charge in [0, 0.05) is 19.6 Å². The van der Waals surface area contributed by atoms with Crippen LogP contribution >= 0.6 is 0 Å². The maximum absolute atomic E-state index is 2.44. The van der Waals surface area contributed by atoms with Gasteiger partial charge in [0.05, 0.1) is 0 Å². The van der Waals surface area contributed by atoms with E-state index in [1.807, 2.05) is 6.07 Å². The number of likely N-dealkylation sites (N-methyl/N-ethyl adjacent to an activating group) is 2. The number of hydrogen-bond donors (Lipinski definition) is 0. The lowest BCUT2D eigenvalue weighted by molar-refractivity contribution is 0.272. The highest BCUT2D eigenvalue weighted by Crippen LogP contribution is 2.01. The van der Waals surface area contributed by atoms with Crippen LogP contribution in [0.4, 0.5) is 0 Å². The van der Waals surface area contributed by atoms with Gasteiger partial charge in [-0.1, -0.05) is 49.4 Å². The molecular formula is C15H24N2. The zero-order chi connectivity index (χ0) is 12.5. The molecule has 0 heterocycles. The molecule has 0 aromatic heterocycles. The summed E-state index contributed by atoms with van der Waals surface area (Å²) in [4.78, 5) is 4.67. The van der Waals surface area contributed by atoms with Crippen molar-refractivity contribution in [3.8, 4) is 0 Å². The summed E-state index contributed by atoms with van der Waals surface area (Å²) in [5.41, 5.74) is 1.27. The van der Waals surface area contributed by atoms with Gasteiger partial charge in [-0.25, -0.2) is 0 Å². The third-order valence-corrected chi connectivity index (χ3v) is 2.78. The average molecular weight is 232 g/mol. The lowest BCUT2D eigenvalue weighted by atomic mass is 10.2. The van der Waals surface area contributed by atoms with Gasteiger partial charge in [-0.3, -0.25) is 4.90 Å². The van der Waals surface area contributed by atoms with Crippen molar-refractivity contribution in [3.05, 3.63) is 42.0 Å². The molecule has 0 aliphatic carbocycles. The highest BCUT2D eigenvalue weighted by molar-refractivity contribution is 5.48. The zero-order valence-electron chi connectivity index (χ0n) is 11.3. The van der Waals surface area contributed by atoms with Crippen molar-refractivity contribution in [2.75, 3.05) is 40.3 Å². The Morgan fingerprint density at radius 1 is 1.06 bits per heavy atom. The van der Waals surface area contributed by atoms with Crippen LogP contribution in [0.1, 0.15) is 12.5 Å². The van der Waals surface area contributed by atoms with Gasteiger partial charge in [0.2, 0.25) is 0 Å². The van der Waals surface area contributed by atoms with Crippen molar-refractivity contribution in [2.45, 2.75) is 6.92 Å². The molecule has 1 aromatic rings. The minimum Gasteiger partial charge on any atom is -0.308 e. The largest absolute Gasteiger partial charge is 0.308 e. The molecule has 0 spiro atoms. The molecule has 94 valence electrons. The second-order valence-electron chi connectivity index (χ2n) is 4.51. The molecule has 0 radical (unpaired) electrons. The number of benzene rings is 1. The van der Waals surface area contributed by atoms with Gasteiger partial charge in [0.15, 0.2) is 0 Å². The van der Waals surface area contributed by atoms with Gasteiger partial charge in [-0.15, -0.1) is 0 Å². The molecule has 1 rings (SSSR count). The summed E-state index contributed by atoms with van der Waals surface area (Å²) in [5.74, 6) is 0. The standard InChI is InChI=1S/C15H24N2/c1-4-17(14-13-16(2)3)12-8-11-15-9-6-5-7-10-15/h5-11H,4,12-14H2,1-3H3. The van der Waals surface area contributed by atoms with E-state index in [0.29, 0.717) is 0 Å². The second-order valence-corrected chi connectivity index (χ2v) is 4.51. The number of hydrogen-bond acceptors (Lipinski definition) is 2. The molecule has 0 N–H and O–H groups in total. The van der Waals surface area contributed by atoms with E-state index in [0.717, 1.165) is 26.2 Å². The van der Waals surface area contributed by atoms with Crippen LogP contribution in [0, 0.1) is 0 Å². The zero-order valence-corrected chi connectivity index (χ0v) is 11.3. The average Bonchev–Trinajstić information content (AvgIpc) is 2.34. The second kappa shape index (κ2) is 8.04. The Morgan fingerprint density at radius 3 is 2.35 bits per heavy atom. The smallest absolute Gasteiger partial charge is 0.0166 e. The molecule has 1 aromatic carbocycles. The minimum atomic E-state index is 1.03. The van der Waals surface area contributed by atoms with Gasteiger partial charge in [-0.2, -0.15) is 0 Å². The fraction of sp³-hybridized carbons (Fsp3) is 0.467. The first-order valence-electron chi connectivity index (χ1n) is 6.31. The molecule has 17 heavy (non-hydrogen) atoms. The first-order valence-corrected chi connectivity index (χ1v) is 6.31. The summed E-state index contributed by atoms with van der Waals surface area (Å²) >= 11 is 0. The van der Waals surface area contributed by atoms with Crippen molar-refractivity contribution in [2.24, 2.45) is 0 Å². The van der Waals surface area contributed by atoms with Crippen LogP contribution in [0.2, 0.25) is 0 Å². The van der Waals surface area contributed by atoms with E-state index in [4.69, 9.17) is 0 Å². The molecule has 0 saturated carbocycles. The third-order valence-electron chi connectivity index (χ3n) is 2.78. The Hall–Kier alpha value is -1.12. The molecule has 0 fully saturated rings. The molecule has 0 aliphatic heterocycles. The maximum atomic E-state index is 2.44. The van der Waals surface area contributed by atoms with Crippen LogP contribution in [0.25, 0.3) is 6.08 Å². The first kappa shape index (κ1) is 13.9. The van der Waals surface area contributed by atoms with E-state index in [-0.39, 0.29) is 0 Å². The fourth-order valence-corrected chi connectivity index (χ4v) is 1.62. The van der Waals surface area contributed by atoms with Crippen LogP contribution in [0.3, 0.4) is 0 Å². The quantitative estimate of drug-likeness (QED) is 0.713. The monoisotopic (exact) mass is 232 g/mol. The van der Waals surface area contributed by atoms with E-state index in [9.17, 15) is 0 Å². The van der Waals surface area contributed by atoms with Crippen molar-refractivity contribution in [1.29, 1.82) is 0 Å². The Morgan fingerprint density at radius 2 is 1.76 bits per heavy atom. The first-order chi connectivity index (χ1) is 8.22. The molecule has 2 nitrogen and oxygen atoms in total. The maximum Gasteiger partial charge on any atom is 0.0166 e. The molecule has 0 atom stereocenters. The van der Waals surface area contributed by atoms with E-state index in [1.54, 1.807) is 0 Å². The van der Waals surface area contributed by atoms with E-state index < -0.39 is 0 Å². The molecule has 0 amide bonds. The molecular weight excluding hydrogens is 208 g/mol. The summed E-state index contributed by atoms with van der Waals surface area (Å²) in [5, 5.41) is 0. The molecule has 0 aliphatic rings. The van der Waals surface area contributed by atoms with Crippen molar-refractivity contribution in [3.63, 3.8) is 0 Å². The van der Waals surface area contributed by atoms with Crippen LogP contribution in [-0.4, -0.2) is 50.1 Å². The van der Waals surface area contributed by atoms with Gasteiger partial charge in [0.1, 0.15) is 0 Å². The van der Waals surface area contributed by atoms with Gasteiger partial charge >= 0.3 is 0 Å². The molecule has 2 heteroatoms. The van der Waals surface area contributed by atoms with Crippen molar-refractivity contribution >= 4 is 6.08 Å². The van der Waals surface area contributed by atoms with Gasteiger partial charge in [-0.05, 0) is 26.2 Å². The topological polar surface area (TPSA) is 6.48 Å². The normalized spacial score (nSPS) is 11.8. The Bertz CT molecular complexity index is 317. The van der Waals surface area contributed by atoms with Crippen LogP contribution < -0.4 is 0 Å². The molecule has 0 bridgehead atoms. The fourth-order valence-electron chi connectivity index (χ4n) is 1.62. The number of rotatable bonds is 7. The van der Waals surface area contributed by atoms with Crippen LogP contribution in [-0.2, 0) is 0 Å². The predicted octanol–water partition coefficient (Wildman–Crippen LogP) is 2.58. The summed E-state index contributed by atoms with van der Waals surface area (Å²) < 4.78 is 0. The van der Waals surface area contributed by atoms with E-state index in [2.05, 4.69) is 67.2 Å². The summed E-state index contributed by atoms with van der Waals surface area (Å²) in [6.07, 6.45) is 4.44. The van der Waals surface area contributed by atoms with Crippen molar-refractivity contribution < 1.29 is 0 Å². The van der Waals surface area contributed by atoms with Gasteiger partial charge in [0.25, 0.3) is 0 Å². The third kappa shape index (κ3) is 6.25. The lowest BCUT2D eigenvalue weighted by Crippen LogP contribution is -2.31. The van der Waals surface area contributed by atoms with E-state index in [1.165, 1.54) is 5.56 Å². The highest BCUT2D eigenvalue weighted by Gasteiger charge is 1.99. The minimum absolute atomic E-state index is 1.03. The number of nitrogens with zero attached hydrogens (tertiary/aromatic N) is 2. The Labute approximate surface area is 106 Å². The summed E-state index contributed by atoms with van der Waals surface area (Å²) in [6.45, 7) is 6.59. The van der Waals surface area contributed by atoms with Crippen LogP contribution in [0.5, 0.6) is 0 Å². The SMILES string of the molecule is CCN(CC=Cc1ccccc1)CCN(C)C. The van der Waals surface area contributed by atoms with E-state index >= 15 is 0 Å². The summed E-state index contributed by atoms with van der Waals surface area (Å²) in [6, 6.07) is 10.5. The van der Waals surface area contributed by atoms with Gasteiger partial charge < -0.3 is 4.90 Å². The predicted molar refractivity (Wildman–Crippen MR) is 76.1 cm³/mol. The Kier molecular flexibility index (Phi) is 6.60. The lowest BCUT2D eigenvalue weighted by Gasteiger charge is -2.20. The highest BCUT2D eigenvalue weighted by atomic mass is 15.2.